The average Bonchev–Trinajstić information content (AvgIpc) is 2.01. The second-order valence-corrected chi connectivity index (χ2v) is 4.70. The van der Waals surface area contributed by atoms with Gasteiger partial charge in [-0.05, 0) is 13.8 Å². The van der Waals surface area contributed by atoms with Gasteiger partial charge in [0.25, 0.3) is 0 Å². The van der Waals surface area contributed by atoms with Crippen molar-refractivity contribution in [1.82, 2.24) is 9.44 Å². The molecular weight excluding hydrogens is 210 g/mol. The minimum atomic E-state index is -3.92. The van der Waals surface area contributed by atoms with Gasteiger partial charge in [0, 0.05) is 12.1 Å². The molecule has 84 valence electrons. The van der Waals surface area contributed by atoms with Crippen LogP contribution in [0.15, 0.2) is 0 Å². The zero-order valence-corrected chi connectivity index (χ0v) is 9.14. The average molecular weight is 225 g/mol. The first kappa shape index (κ1) is 13.1. The van der Waals surface area contributed by atoms with E-state index in [0.717, 1.165) is 7.11 Å². The molecule has 0 bridgehead atoms. The Balaban J connectivity index is 4.44. The van der Waals surface area contributed by atoms with Gasteiger partial charge in [0.2, 0.25) is 0 Å². The highest BCUT2D eigenvalue weighted by Crippen LogP contribution is 2.00. The standard InChI is InChI=1S/C6H15N3O4S/c1-6(2,4-7)9-14(11,12)8-5(10)13-3/h9H,4,7H2,1-3H3,(H,8,10). The molecule has 0 saturated carbocycles. The van der Waals surface area contributed by atoms with E-state index in [4.69, 9.17) is 5.73 Å². The van der Waals surface area contributed by atoms with Crippen LogP contribution in [0.5, 0.6) is 0 Å². The number of rotatable bonds is 4. The van der Waals surface area contributed by atoms with Crippen LogP contribution in [0.1, 0.15) is 13.8 Å². The van der Waals surface area contributed by atoms with Crippen LogP contribution in [0.3, 0.4) is 0 Å². The van der Waals surface area contributed by atoms with E-state index in [1.165, 1.54) is 0 Å². The summed E-state index contributed by atoms with van der Waals surface area (Å²) in [6.45, 7) is 3.28. The van der Waals surface area contributed by atoms with Crippen molar-refractivity contribution in [2.45, 2.75) is 19.4 Å². The topological polar surface area (TPSA) is 111 Å². The Labute approximate surface area is 83.2 Å². The molecule has 0 aliphatic carbocycles. The fourth-order valence-corrected chi connectivity index (χ4v) is 1.75. The SMILES string of the molecule is COC(=O)NS(=O)(=O)NC(C)(C)CN. The first-order valence-corrected chi connectivity index (χ1v) is 5.30. The molecule has 0 saturated heterocycles. The molecule has 0 fully saturated rings. The minimum absolute atomic E-state index is 0.106. The molecule has 0 radical (unpaired) electrons. The lowest BCUT2D eigenvalue weighted by Gasteiger charge is -2.23. The van der Waals surface area contributed by atoms with E-state index in [1.807, 2.05) is 0 Å². The fraction of sp³-hybridized carbons (Fsp3) is 0.833. The van der Waals surface area contributed by atoms with Crippen LogP contribution in [-0.2, 0) is 14.9 Å². The maximum absolute atomic E-state index is 11.2. The van der Waals surface area contributed by atoms with Crippen LogP contribution in [-0.4, -0.2) is 33.7 Å². The predicted octanol–water partition coefficient (Wildman–Crippen LogP) is -1.09. The number of methoxy groups -OCH3 is 1. The molecule has 14 heavy (non-hydrogen) atoms. The van der Waals surface area contributed by atoms with Crippen molar-refractivity contribution in [2.75, 3.05) is 13.7 Å². The van der Waals surface area contributed by atoms with E-state index in [1.54, 1.807) is 18.6 Å². The molecule has 0 aromatic carbocycles. The molecule has 0 heterocycles. The van der Waals surface area contributed by atoms with E-state index in [-0.39, 0.29) is 6.54 Å². The number of carbonyl (C=O) groups excluding carboxylic acids is 1. The number of nitrogens with one attached hydrogen (secondary N) is 2. The molecule has 7 nitrogen and oxygen atoms in total. The number of carbonyl (C=O) groups is 1. The van der Waals surface area contributed by atoms with Gasteiger partial charge in [-0.2, -0.15) is 13.1 Å². The highest BCUT2D eigenvalue weighted by molar-refractivity contribution is 7.88. The van der Waals surface area contributed by atoms with Crippen LogP contribution in [0.25, 0.3) is 0 Å². The number of hydrogen-bond acceptors (Lipinski definition) is 5. The van der Waals surface area contributed by atoms with E-state index in [9.17, 15) is 13.2 Å². The third kappa shape index (κ3) is 5.00. The van der Waals surface area contributed by atoms with Crippen LogP contribution < -0.4 is 15.2 Å². The van der Waals surface area contributed by atoms with Crippen LogP contribution in [0.4, 0.5) is 4.79 Å². The predicted molar refractivity (Wildman–Crippen MR) is 50.7 cm³/mol. The largest absolute Gasteiger partial charge is 0.452 e. The molecular formula is C6H15N3O4S. The smallest absolute Gasteiger partial charge is 0.421 e. The van der Waals surface area contributed by atoms with Gasteiger partial charge in [0.1, 0.15) is 0 Å². The van der Waals surface area contributed by atoms with Crippen LogP contribution in [0, 0.1) is 0 Å². The maximum atomic E-state index is 11.2. The van der Waals surface area contributed by atoms with Gasteiger partial charge in [0.15, 0.2) is 0 Å². The number of nitrogens with two attached hydrogens (primary N) is 1. The van der Waals surface area contributed by atoms with Gasteiger partial charge in [-0.3, -0.25) is 0 Å². The number of amides is 1. The summed E-state index contributed by atoms with van der Waals surface area (Å²) in [4.78, 5) is 10.6. The molecule has 0 spiro atoms. The molecule has 0 aliphatic heterocycles. The van der Waals surface area contributed by atoms with E-state index in [0.29, 0.717) is 0 Å². The van der Waals surface area contributed by atoms with Gasteiger partial charge >= 0.3 is 16.3 Å². The molecule has 1 amide bonds. The molecule has 8 heteroatoms. The van der Waals surface area contributed by atoms with E-state index < -0.39 is 21.8 Å². The molecule has 0 aromatic rings. The summed E-state index contributed by atoms with van der Waals surface area (Å²) in [6, 6.07) is 0. The fourth-order valence-electron chi connectivity index (χ4n) is 0.582. The molecule has 0 atom stereocenters. The van der Waals surface area contributed by atoms with Crippen molar-refractivity contribution in [2.24, 2.45) is 5.73 Å². The highest BCUT2D eigenvalue weighted by Gasteiger charge is 2.24. The molecule has 0 aromatic heterocycles. The summed E-state index contributed by atoms with van der Waals surface area (Å²) >= 11 is 0. The molecule has 4 N–H and O–H groups in total. The Hall–Kier alpha value is -0.860. The second kappa shape index (κ2) is 4.58. The lowest BCUT2D eigenvalue weighted by Crippen LogP contribution is -2.53. The zero-order chi connectivity index (χ0) is 11.4. The Kier molecular flexibility index (Phi) is 4.30. The molecule has 0 aliphatic rings. The van der Waals surface area contributed by atoms with Gasteiger partial charge in [-0.1, -0.05) is 0 Å². The maximum Gasteiger partial charge on any atom is 0.421 e. The second-order valence-electron chi connectivity index (χ2n) is 3.29. The summed E-state index contributed by atoms with van der Waals surface area (Å²) in [5.41, 5.74) is 4.49. The molecule has 0 rings (SSSR count). The van der Waals surface area contributed by atoms with Crippen molar-refractivity contribution in [1.29, 1.82) is 0 Å². The van der Waals surface area contributed by atoms with Crippen molar-refractivity contribution >= 4 is 16.3 Å². The van der Waals surface area contributed by atoms with Gasteiger partial charge in [-0.15, -0.1) is 0 Å². The van der Waals surface area contributed by atoms with Crippen molar-refractivity contribution in [3.63, 3.8) is 0 Å². The lowest BCUT2D eigenvalue weighted by molar-refractivity contribution is 0.177. The molecule has 0 unspecified atom stereocenters. The van der Waals surface area contributed by atoms with Gasteiger partial charge in [0.05, 0.1) is 7.11 Å². The first-order valence-electron chi connectivity index (χ1n) is 3.82. The monoisotopic (exact) mass is 225 g/mol. The summed E-state index contributed by atoms with van der Waals surface area (Å²) in [5, 5.41) is 0. The Morgan fingerprint density at radius 3 is 2.36 bits per heavy atom. The number of hydrogen-bond donors (Lipinski definition) is 3. The van der Waals surface area contributed by atoms with E-state index >= 15 is 0 Å². The van der Waals surface area contributed by atoms with Crippen molar-refractivity contribution in [3.05, 3.63) is 0 Å². The normalized spacial score (nSPS) is 12.3. The summed E-state index contributed by atoms with van der Waals surface area (Å²) in [5.74, 6) is 0. The van der Waals surface area contributed by atoms with Gasteiger partial charge in [-0.25, -0.2) is 9.52 Å². The lowest BCUT2D eigenvalue weighted by atomic mass is 10.1. The number of ether oxygens (including phenoxy) is 1. The Morgan fingerprint density at radius 2 is 2.00 bits per heavy atom. The third-order valence-corrected chi connectivity index (χ3v) is 2.58. The van der Waals surface area contributed by atoms with Crippen molar-refractivity contribution < 1.29 is 17.9 Å². The van der Waals surface area contributed by atoms with Gasteiger partial charge < -0.3 is 10.5 Å². The Morgan fingerprint density at radius 1 is 1.50 bits per heavy atom. The highest BCUT2D eigenvalue weighted by atomic mass is 32.2. The van der Waals surface area contributed by atoms with E-state index in [2.05, 4.69) is 9.46 Å². The minimum Gasteiger partial charge on any atom is -0.452 e. The van der Waals surface area contributed by atoms with Crippen LogP contribution in [0.2, 0.25) is 0 Å². The van der Waals surface area contributed by atoms with Crippen molar-refractivity contribution in [3.8, 4) is 0 Å². The summed E-state index contributed by atoms with van der Waals surface area (Å²) in [7, 11) is -2.85. The Bertz CT molecular complexity index is 298. The summed E-state index contributed by atoms with van der Waals surface area (Å²) < 4.78 is 30.3. The first-order chi connectivity index (χ1) is 6.22. The zero-order valence-electron chi connectivity index (χ0n) is 8.33. The third-order valence-electron chi connectivity index (χ3n) is 1.32. The quantitative estimate of drug-likeness (QED) is 0.563. The van der Waals surface area contributed by atoms with Crippen LogP contribution >= 0.6 is 0 Å². The summed E-state index contributed by atoms with van der Waals surface area (Å²) in [6.07, 6.45) is -1.05.